The molecule has 0 saturated heterocycles. The van der Waals surface area contributed by atoms with Crippen molar-refractivity contribution in [2.75, 3.05) is 44.5 Å². The minimum Gasteiger partial charge on any atom is -0.460 e. The van der Waals surface area contributed by atoms with Crippen molar-refractivity contribution in [2.45, 2.75) is 0 Å². The van der Waals surface area contributed by atoms with Gasteiger partial charge in [0, 0.05) is 12.8 Å². The molecule has 1 N–H and O–H groups in total. The fraction of sp³-hybridized carbons (Fsp3) is 0.462. The number of hydrogen-bond donors (Lipinski definition) is 1. The smallest absolute Gasteiger partial charge is 0.338 e. The van der Waals surface area contributed by atoms with Crippen molar-refractivity contribution in [3.05, 3.63) is 29.8 Å². The molecule has 0 bridgehead atoms. The number of anilines is 1. The highest BCUT2D eigenvalue weighted by atomic mass is 32.2. The van der Waals surface area contributed by atoms with E-state index in [-0.39, 0.29) is 6.61 Å². The molecule has 0 radical (unpaired) electrons. The summed E-state index contributed by atoms with van der Waals surface area (Å²) in [6, 6.07) is 5.96. The van der Waals surface area contributed by atoms with Gasteiger partial charge in [-0.3, -0.25) is 4.72 Å². The molecule has 8 heteroatoms. The Balaban J connectivity index is 2.38. The molecule has 0 heterocycles. The molecule has 0 unspecified atom stereocenters. The van der Waals surface area contributed by atoms with E-state index in [4.69, 9.17) is 14.2 Å². The van der Waals surface area contributed by atoms with Crippen LogP contribution in [-0.4, -0.2) is 54.2 Å². The Morgan fingerprint density at radius 3 is 2.29 bits per heavy atom. The molecule has 1 rings (SSSR count). The van der Waals surface area contributed by atoms with E-state index in [1.807, 2.05) is 0 Å². The van der Waals surface area contributed by atoms with Crippen LogP contribution in [0.1, 0.15) is 10.4 Å². The predicted molar refractivity (Wildman–Crippen MR) is 77.9 cm³/mol. The van der Waals surface area contributed by atoms with Crippen molar-refractivity contribution in [2.24, 2.45) is 0 Å². The first-order valence-electron chi connectivity index (χ1n) is 6.24. The molecule has 0 spiro atoms. The normalized spacial score (nSPS) is 11.1. The molecular formula is C13H19NO6S. The zero-order valence-electron chi connectivity index (χ0n) is 12.0. The maximum Gasteiger partial charge on any atom is 0.338 e. The van der Waals surface area contributed by atoms with Crippen LogP contribution in [0.2, 0.25) is 0 Å². The Morgan fingerprint density at radius 2 is 1.71 bits per heavy atom. The Morgan fingerprint density at radius 1 is 1.10 bits per heavy atom. The Hall–Kier alpha value is -1.64. The molecule has 0 saturated carbocycles. The van der Waals surface area contributed by atoms with Crippen LogP contribution in [0.4, 0.5) is 5.69 Å². The quantitative estimate of drug-likeness (QED) is 0.537. The molecule has 0 fully saturated rings. The lowest BCUT2D eigenvalue weighted by Crippen LogP contribution is -2.13. The van der Waals surface area contributed by atoms with E-state index < -0.39 is 16.0 Å². The third-order valence-electron chi connectivity index (χ3n) is 2.32. The Labute approximate surface area is 124 Å². The minimum absolute atomic E-state index is 0.145. The van der Waals surface area contributed by atoms with Gasteiger partial charge in [-0.05, 0) is 24.3 Å². The van der Waals surface area contributed by atoms with Crippen LogP contribution in [0.3, 0.4) is 0 Å². The van der Waals surface area contributed by atoms with Gasteiger partial charge in [-0.2, -0.15) is 0 Å². The Kier molecular flexibility index (Phi) is 7.13. The molecular weight excluding hydrogens is 298 g/mol. The highest BCUT2D eigenvalue weighted by Crippen LogP contribution is 2.11. The van der Waals surface area contributed by atoms with Crippen LogP contribution in [0, 0.1) is 0 Å². The monoisotopic (exact) mass is 317 g/mol. The lowest BCUT2D eigenvalue weighted by Gasteiger charge is -2.07. The van der Waals surface area contributed by atoms with Crippen molar-refractivity contribution < 1.29 is 27.4 Å². The fourth-order valence-electron chi connectivity index (χ4n) is 1.41. The van der Waals surface area contributed by atoms with Crippen LogP contribution in [-0.2, 0) is 24.2 Å². The summed E-state index contributed by atoms with van der Waals surface area (Å²) in [6.45, 7) is 1.37. The number of benzene rings is 1. The van der Waals surface area contributed by atoms with Gasteiger partial charge in [-0.15, -0.1) is 0 Å². The van der Waals surface area contributed by atoms with Crippen molar-refractivity contribution in [3.8, 4) is 0 Å². The number of esters is 1. The minimum atomic E-state index is -3.33. The van der Waals surface area contributed by atoms with Crippen molar-refractivity contribution in [1.82, 2.24) is 0 Å². The summed E-state index contributed by atoms with van der Waals surface area (Å²) in [5.41, 5.74) is 0.725. The van der Waals surface area contributed by atoms with Gasteiger partial charge in [0.2, 0.25) is 10.0 Å². The van der Waals surface area contributed by atoms with Crippen molar-refractivity contribution in [3.63, 3.8) is 0 Å². The van der Waals surface area contributed by atoms with Gasteiger partial charge in [0.15, 0.2) is 0 Å². The van der Waals surface area contributed by atoms with Crippen LogP contribution in [0.5, 0.6) is 0 Å². The number of hydrogen-bond acceptors (Lipinski definition) is 6. The maximum absolute atomic E-state index is 11.7. The standard InChI is InChI=1S/C13H19NO6S/c1-18-7-8-19-9-10-20-13(15)11-3-5-12(6-4-11)14-21(2,16)17/h3-6,14H,7-10H2,1-2H3. The Bertz CT molecular complexity index is 540. The zero-order valence-corrected chi connectivity index (χ0v) is 12.8. The van der Waals surface area contributed by atoms with E-state index in [0.717, 1.165) is 6.26 Å². The summed E-state index contributed by atoms with van der Waals surface area (Å²) < 4.78 is 39.4. The van der Waals surface area contributed by atoms with E-state index in [1.54, 1.807) is 7.11 Å². The van der Waals surface area contributed by atoms with Gasteiger partial charge >= 0.3 is 5.97 Å². The molecule has 0 aliphatic carbocycles. The largest absolute Gasteiger partial charge is 0.460 e. The van der Waals surface area contributed by atoms with Crippen molar-refractivity contribution >= 4 is 21.7 Å². The molecule has 1 aromatic rings. The van der Waals surface area contributed by atoms with E-state index >= 15 is 0 Å². The summed E-state index contributed by atoms with van der Waals surface area (Å²) >= 11 is 0. The topological polar surface area (TPSA) is 90.9 Å². The third-order valence-corrected chi connectivity index (χ3v) is 2.92. The molecule has 7 nitrogen and oxygen atoms in total. The first kappa shape index (κ1) is 17.4. The number of carbonyl (C=O) groups excluding carboxylic acids is 1. The second-order valence-electron chi connectivity index (χ2n) is 4.19. The van der Waals surface area contributed by atoms with Gasteiger partial charge in [-0.25, -0.2) is 13.2 Å². The number of sulfonamides is 1. The lowest BCUT2D eigenvalue weighted by molar-refractivity contribution is 0.0214. The SMILES string of the molecule is COCCOCCOC(=O)c1ccc(NS(C)(=O)=O)cc1. The highest BCUT2D eigenvalue weighted by Gasteiger charge is 2.08. The average molecular weight is 317 g/mol. The zero-order chi connectivity index (χ0) is 15.7. The van der Waals surface area contributed by atoms with Gasteiger partial charge in [0.05, 0.1) is 31.6 Å². The van der Waals surface area contributed by atoms with E-state index in [0.29, 0.717) is 31.1 Å². The van der Waals surface area contributed by atoms with E-state index in [2.05, 4.69) is 4.72 Å². The summed E-state index contributed by atoms with van der Waals surface area (Å²) in [5, 5.41) is 0. The molecule has 0 amide bonds. The highest BCUT2D eigenvalue weighted by molar-refractivity contribution is 7.92. The average Bonchev–Trinajstić information content (AvgIpc) is 2.41. The number of ether oxygens (including phenoxy) is 3. The number of methoxy groups -OCH3 is 1. The van der Waals surface area contributed by atoms with Gasteiger partial charge < -0.3 is 14.2 Å². The summed E-state index contributed by atoms with van der Waals surface area (Å²) in [5.74, 6) is -0.490. The van der Waals surface area contributed by atoms with Crippen LogP contribution >= 0.6 is 0 Å². The molecule has 0 atom stereocenters. The van der Waals surface area contributed by atoms with Crippen LogP contribution in [0.25, 0.3) is 0 Å². The molecule has 118 valence electrons. The third kappa shape index (κ3) is 7.64. The van der Waals surface area contributed by atoms with E-state index in [1.165, 1.54) is 24.3 Å². The van der Waals surface area contributed by atoms with E-state index in [9.17, 15) is 13.2 Å². The lowest BCUT2D eigenvalue weighted by atomic mass is 10.2. The summed E-state index contributed by atoms with van der Waals surface area (Å²) in [7, 11) is -1.75. The van der Waals surface area contributed by atoms with Gasteiger partial charge in [0.25, 0.3) is 0 Å². The number of carbonyl (C=O) groups is 1. The molecule has 21 heavy (non-hydrogen) atoms. The molecule has 0 aromatic heterocycles. The maximum atomic E-state index is 11.7. The number of rotatable bonds is 9. The van der Waals surface area contributed by atoms with Crippen molar-refractivity contribution in [1.29, 1.82) is 0 Å². The van der Waals surface area contributed by atoms with Gasteiger partial charge in [0.1, 0.15) is 6.61 Å². The summed E-state index contributed by atoms with van der Waals surface area (Å²) in [6.07, 6.45) is 1.05. The molecule has 0 aliphatic rings. The second kappa shape index (κ2) is 8.60. The first-order valence-corrected chi connectivity index (χ1v) is 8.13. The first-order chi connectivity index (χ1) is 9.92. The van der Waals surface area contributed by atoms with Crippen LogP contribution < -0.4 is 4.72 Å². The number of nitrogens with one attached hydrogen (secondary N) is 1. The molecule has 1 aromatic carbocycles. The molecule has 0 aliphatic heterocycles. The second-order valence-corrected chi connectivity index (χ2v) is 5.94. The van der Waals surface area contributed by atoms with Crippen LogP contribution in [0.15, 0.2) is 24.3 Å². The summed E-state index contributed by atoms with van der Waals surface area (Å²) in [4.78, 5) is 11.7. The van der Waals surface area contributed by atoms with Gasteiger partial charge in [-0.1, -0.05) is 0 Å². The fourth-order valence-corrected chi connectivity index (χ4v) is 1.97. The predicted octanol–water partition coefficient (Wildman–Crippen LogP) is 0.878.